The molecule has 0 saturated carbocycles. The molecule has 0 spiro atoms. The highest BCUT2D eigenvalue weighted by molar-refractivity contribution is 4.76. The molecule has 0 heterocycles. The van der Waals surface area contributed by atoms with E-state index in [0.29, 0.717) is 0 Å². The lowest BCUT2D eigenvalue weighted by atomic mass is 10.3. The molecule has 0 aliphatic rings. The number of hydrogen-bond acceptors (Lipinski definition) is 0. The van der Waals surface area contributed by atoms with Crippen LogP contribution in [-0.4, -0.2) is 6.10 Å². The molecule has 0 fully saturated rings. The van der Waals surface area contributed by atoms with Crippen LogP contribution >= 0.6 is 0 Å². The Morgan fingerprint density at radius 3 is 2.89 bits per heavy atom. The van der Waals surface area contributed by atoms with E-state index in [0.717, 1.165) is 12.8 Å². The van der Waals surface area contributed by atoms with Gasteiger partial charge in [0.15, 0.2) is 0 Å². The van der Waals surface area contributed by atoms with Gasteiger partial charge in [-0.1, -0.05) is 32.3 Å². The fourth-order valence-corrected chi connectivity index (χ4v) is 0.713. The summed E-state index contributed by atoms with van der Waals surface area (Å²) in [5.41, 5.74) is 0. The number of hydrogen-bond donors (Lipinski definition) is 0. The van der Waals surface area contributed by atoms with Gasteiger partial charge in [-0.15, -0.1) is 6.58 Å². The van der Waals surface area contributed by atoms with E-state index in [1.165, 1.54) is 18.9 Å². The highest BCUT2D eigenvalue weighted by Gasteiger charge is 1.97. The topological polar surface area (TPSA) is 19.9 Å². The first-order valence-corrected chi connectivity index (χ1v) is 3.59. The van der Waals surface area contributed by atoms with Crippen LogP contribution in [-0.2, 0) is 5.11 Å². The summed E-state index contributed by atoms with van der Waals surface area (Å²) in [4.78, 5) is 0. The maximum Gasteiger partial charge on any atom is 0.111 e. The molecule has 0 bridgehead atoms. The van der Waals surface area contributed by atoms with Crippen molar-refractivity contribution < 1.29 is 5.11 Å². The molecule has 9 heavy (non-hydrogen) atoms. The Morgan fingerprint density at radius 1 is 1.78 bits per heavy atom. The molecule has 1 atom stereocenters. The second-order valence-corrected chi connectivity index (χ2v) is 2.27. The summed E-state index contributed by atoms with van der Waals surface area (Å²) in [5.74, 6) is 0. The van der Waals surface area contributed by atoms with Crippen molar-refractivity contribution in [2.75, 3.05) is 0 Å². The van der Waals surface area contributed by atoms with E-state index in [4.69, 9.17) is 0 Å². The van der Waals surface area contributed by atoms with Crippen LogP contribution in [0.3, 0.4) is 0 Å². The maximum atomic E-state index is 10.7. The van der Waals surface area contributed by atoms with Crippen LogP contribution in [0.2, 0.25) is 0 Å². The fourth-order valence-electron chi connectivity index (χ4n) is 0.713. The average Bonchev–Trinajstić information content (AvgIpc) is 1.89. The molecule has 0 aromatic carbocycles. The van der Waals surface area contributed by atoms with Crippen LogP contribution in [0.4, 0.5) is 0 Å². The molecular formula is C8H15O. The molecule has 0 aromatic rings. The number of unbranched alkanes of at least 4 members (excludes halogenated alkanes) is 2. The van der Waals surface area contributed by atoms with E-state index < -0.39 is 6.10 Å². The SMILES string of the molecule is C=CC([O])[14CH2]CCCC. The quantitative estimate of drug-likeness (QED) is 0.401. The van der Waals surface area contributed by atoms with Crippen molar-refractivity contribution in [2.24, 2.45) is 0 Å². The molecule has 0 N–H and O–H groups in total. The maximum absolute atomic E-state index is 10.7. The van der Waals surface area contributed by atoms with Crippen molar-refractivity contribution >= 4 is 0 Å². The molecule has 0 aliphatic carbocycles. The molecule has 0 amide bonds. The Bertz CT molecular complexity index is 69.0. The minimum absolute atomic E-state index is 0.531. The lowest BCUT2D eigenvalue weighted by molar-refractivity contribution is 0.120. The van der Waals surface area contributed by atoms with Crippen molar-refractivity contribution in [2.45, 2.75) is 38.7 Å². The molecule has 53 valence electrons. The van der Waals surface area contributed by atoms with Crippen molar-refractivity contribution in [3.8, 4) is 0 Å². The zero-order chi connectivity index (χ0) is 7.11. The molecular weight excluding hydrogens is 114 g/mol. The van der Waals surface area contributed by atoms with Crippen LogP contribution in [0.1, 0.15) is 32.6 Å². The standard InChI is InChI=1S/C8H15O/c1-3-5-6-7-8(9)4-2/h4,8H,2-3,5-7H2,1H3/i7+2. The molecule has 1 unspecified atom stereocenters. The van der Waals surface area contributed by atoms with Gasteiger partial charge in [0.25, 0.3) is 0 Å². The van der Waals surface area contributed by atoms with E-state index in [-0.39, 0.29) is 0 Å². The van der Waals surface area contributed by atoms with Gasteiger partial charge < -0.3 is 0 Å². The van der Waals surface area contributed by atoms with Crippen LogP contribution in [0.25, 0.3) is 0 Å². The first-order chi connectivity index (χ1) is 4.31. The van der Waals surface area contributed by atoms with Crippen molar-refractivity contribution in [3.05, 3.63) is 12.7 Å². The molecule has 1 radical (unpaired) electrons. The third-order valence-electron chi connectivity index (χ3n) is 1.36. The Morgan fingerprint density at radius 2 is 2.44 bits per heavy atom. The van der Waals surface area contributed by atoms with E-state index >= 15 is 0 Å². The minimum Gasteiger partial charge on any atom is -0.229 e. The fraction of sp³-hybridized carbons (Fsp3) is 0.750. The summed E-state index contributed by atoms with van der Waals surface area (Å²) in [6, 6.07) is 0. The first-order valence-electron chi connectivity index (χ1n) is 3.59. The summed E-state index contributed by atoms with van der Waals surface area (Å²) < 4.78 is 0. The van der Waals surface area contributed by atoms with Gasteiger partial charge in [0.2, 0.25) is 0 Å². The lowest BCUT2D eigenvalue weighted by Crippen LogP contribution is -1.97. The zero-order valence-corrected chi connectivity index (χ0v) is 6.10. The third kappa shape index (κ3) is 5.57. The largest absolute Gasteiger partial charge is 0.229 e. The van der Waals surface area contributed by atoms with E-state index in [1.54, 1.807) is 0 Å². The predicted octanol–water partition coefficient (Wildman–Crippen LogP) is 2.55. The van der Waals surface area contributed by atoms with Gasteiger partial charge in [-0.3, -0.25) is 0 Å². The predicted molar refractivity (Wildman–Crippen MR) is 38.8 cm³/mol. The molecule has 1 heteroatoms. The Hall–Kier alpha value is -0.300. The summed E-state index contributed by atoms with van der Waals surface area (Å²) in [5, 5.41) is 10.7. The van der Waals surface area contributed by atoms with Crippen LogP contribution in [0, 0.1) is 0 Å². The monoisotopic (exact) mass is 129 g/mol. The van der Waals surface area contributed by atoms with E-state index in [9.17, 15) is 5.11 Å². The Kier molecular flexibility index (Phi) is 5.64. The van der Waals surface area contributed by atoms with Crippen LogP contribution in [0.15, 0.2) is 12.7 Å². The van der Waals surface area contributed by atoms with Gasteiger partial charge >= 0.3 is 0 Å². The molecule has 0 aromatic heterocycles. The van der Waals surface area contributed by atoms with E-state index in [2.05, 4.69) is 13.5 Å². The van der Waals surface area contributed by atoms with Crippen LogP contribution < -0.4 is 0 Å². The summed E-state index contributed by atoms with van der Waals surface area (Å²) in [6.07, 6.45) is 5.12. The zero-order valence-electron chi connectivity index (χ0n) is 6.10. The highest BCUT2D eigenvalue weighted by atomic mass is 16.3. The second-order valence-electron chi connectivity index (χ2n) is 2.27. The van der Waals surface area contributed by atoms with Gasteiger partial charge in [0.05, 0.1) is 0 Å². The van der Waals surface area contributed by atoms with Gasteiger partial charge in [0, 0.05) is 0 Å². The summed E-state index contributed by atoms with van der Waals surface area (Å²) in [7, 11) is 0. The minimum atomic E-state index is -0.531. The summed E-state index contributed by atoms with van der Waals surface area (Å²) in [6.45, 7) is 5.56. The Balaban J connectivity index is 2.96. The van der Waals surface area contributed by atoms with Crippen LogP contribution in [0.5, 0.6) is 0 Å². The third-order valence-corrected chi connectivity index (χ3v) is 1.36. The smallest absolute Gasteiger partial charge is 0.111 e. The molecule has 0 rings (SSSR count). The van der Waals surface area contributed by atoms with Crippen molar-refractivity contribution in [1.82, 2.24) is 0 Å². The first kappa shape index (κ1) is 8.70. The normalized spacial score (nSPS) is 13.1. The van der Waals surface area contributed by atoms with E-state index in [1.807, 2.05) is 0 Å². The highest BCUT2D eigenvalue weighted by Crippen LogP contribution is 2.03. The van der Waals surface area contributed by atoms with Gasteiger partial charge in [0.1, 0.15) is 6.10 Å². The van der Waals surface area contributed by atoms with Crippen molar-refractivity contribution in [1.29, 1.82) is 0 Å². The van der Waals surface area contributed by atoms with Gasteiger partial charge in [-0.25, -0.2) is 5.11 Å². The lowest BCUT2D eigenvalue weighted by Gasteiger charge is -1.99. The second kappa shape index (κ2) is 5.83. The molecule has 1 nitrogen and oxygen atoms in total. The van der Waals surface area contributed by atoms with Gasteiger partial charge in [-0.05, 0) is 6.42 Å². The molecule has 0 aliphatic heterocycles. The average molecular weight is 129 g/mol. The summed E-state index contributed by atoms with van der Waals surface area (Å²) >= 11 is 0. The number of rotatable bonds is 5. The van der Waals surface area contributed by atoms with Crippen molar-refractivity contribution in [3.63, 3.8) is 0 Å². The molecule has 0 saturated heterocycles. The Labute approximate surface area is 57.4 Å². The van der Waals surface area contributed by atoms with Gasteiger partial charge in [-0.2, -0.15) is 0 Å².